The monoisotopic (exact) mass is 162 g/mol. The molecule has 0 aromatic heterocycles. The molecule has 0 aliphatic heterocycles. The third-order valence-corrected chi connectivity index (χ3v) is 0.996. The molecule has 0 bridgehead atoms. The number of rotatable bonds is 3. The Hall–Kier alpha value is -1.18. The van der Waals surface area contributed by atoms with E-state index in [-0.39, 0.29) is 0 Å². The topological polar surface area (TPSA) is 119 Å². The van der Waals surface area contributed by atoms with Gasteiger partial charge in [-0.15, -0.1) is 0 Å². The van der Waals surface area contributed by atoms with Gasteiger partial charge in [-0.3, -0.25) is 20.4 Å². The Balaban J connectivity index is 4.15. The average molecular weight is 162 g/mol. The Labute approximate surface area is 63.0 Å². The zero-order valence-electron chi connectivity index (χ0n) is 5.96. The second-order valence-corrected chi connectivity index (χ2v) is 1.63. The largest absolute Gasteiger partial charge is 0.362 e. The van der Waals surface area contributed by atoms with Crippen LogP contribution in [0.1, 0.15) is 0 Å². The maximum Gasteiger partial charge on any atom is 0.272 e. The minimum absolute atomic E-state index is 0.754. The van der Waals surface area contributed by atoms with Crippen LogP contribution >= 0.6 is 0 Å². The third-order valence-electron chi connectivity index (χ3n) is 0.996. The van der Waals surface area contributed by atoms with Crippen molar-refractivity contribution in [2.45, 2.75) is 6.10 Å². The molecule has 7 nitrogen and oxygen atoms in total. The highest BCUT2D eigenvalue weighted by atomic mass is 16.5. The predicted molar refractivity (Wildman–Crippen MR) is 35.5 cm³/mol. The Morgan fingerprint density at radius 3 is 1.82 bits per heavy atom. The minimum atomic E-state index is -1.30. The lowest BCUT2D eigenvalue weighted by atomic mass is 10.3. The normalized spacial score (nSPS) is 9.45. The van der Waals surface area contributed by atoms with Gasteiger partial charge in [0.2, 0.25) is 6.10 Å². The molecule has 6 N–H and O–H groups in total. The zero-order valence-corrected chi connectivity index (χ0v) is 5.96. The van der Waals surface area contributed by atoms with E-state index in [1.54, 1.807) is 10.9 Å². The van der Waals surface area contributed by atoms with Gasteiger partial charge in [0, 0.05) is 7.11 Å². The number of nitrogens with two attached hydrogens (primary N) is 2. The highest BCUT2D eigenvalue weighted by Gasteiger charge is 2.24. The number of hydrogen-bond acceptors (Lipinski definition) is 5. The van der Waals surface area contributed by atoms with E-state index in [0.717, 1.165) is 0 Å². The van der Waals surface area contributed by atoms with Gasteiger partial charge >= 0.3 is 0 Å². The van der Waals surface area contributed by atoms with Crippen LogP contribution in [-0.2, 0) is 14.3 Å². The van der Waals surface area contributed by atoms with Crippen LogP contribution in [-0.4, -0.2) is 25.0 Å². The van der Waals surface area contributed by atoms with Gasteiger partial charge in [0.05, 0.1) is 0 Å². The van der Waals surface area contributed by atoms with E-state index in [2.05, 4.69) is 4.74 Å². The molecule has 0 rings (SSSR count). The molecular formula is C4H10N4O3. The number of hydrazine groups is 2. The molecule has 2 amide bonds. The van der Waals surface area contributed by atoms with Crippen LogP contribution in [0.5, 0.6) is 0 Å². The molecule has 0 unspecified atom stereocenters. The van der Waals surface area contributed by atoms with Gasteiger partial charge in [-0.1, -0.05) is 0 Å². The van der Waals surface area contributed by atoms with Gasteiger partial charge in [-0.25, -0.2) is 11.7 Å². The predicted octanol–water partition coefficient (Wildman–Crippen LogP) is -3.02. The zero-order chi connectivity index (χ0) is 8.85. The number of ether oxygens (including phenoxy) is 1. The van der Waals surface area contributed by atoms with E-state index >= 15 is 0 Å². The SMILES string of the molecule is COC(C(=O)NN)C(=O)NN. The molecule has 11 heavy (non-hydrogen) atoms. The molecule has 0 saturated heterocycles. The van der Waals surface area contributed by atoms with Crippen molar-refractivity contribution < 1.29 is 14.3 Å². The van der Waals surface area contributed by atoms with Crippen molar-refractivity contribution in [2.75, 3.05) is 7.11 Å². The van der Waals surface area contributed by atoms with Crippen LogP contribution in [0.3, 0.4) is 0 Å². The maximum absolute atomic E-state index is 10.7. The molecular weight excluding hydrogens is 152 g/mol. The van der Waals surface area contributed by atoms with Crippen molar-refractivity contribution in [2.24, 2.45) is 11.7 Å². The molecule has 0 aliphatic carbocycles. The van der Waals surface area contributed by atoms with Gasteiger partial charge in [0.1, 0.15) is 0 Å². The van der Waals surface area contributed by atoms with E-state index < -0.39 is 17.9 Å². The number of methoxy groups -OCH3 is 1. The Morgan fingerprint density at radius 2 is 1.64 bits per heavy atom. The van der Waals surface area contributed by atoms with Crippen LogP contribution in [0.2, 0.25) is 0 Å². The summed E-state index contributed by atoms with van der Waals surface area (Å²) in [7, 11) is 1.19. The van der Waals surface area contributed by atoms with Crippen LogP contribution in [0.15, 0.2) is 0 Å². The van der Waals surface area contributed by atoms with Crippen molar-refractivity contribution in [3.05, 3.63) is 0 Å². The quantitative estimate of drug-likeness (QED) is 0.152. The summed E-state index contributed by atoms with van der Waals surface area (Å²) < 4.78 is 4.47. The number of carbonyl (C=O) groups excluding carboxylic acids is 2. The maximum atomic E-state index is 10.7. The molecule has 0 aliphatic rings. The molecule has 64 valence electrons. The summed E-state index contributed by atoms with van der Waals surface area (Å²) in [6, 6.07) is 0. The average Bonchev–Trinajstić information content (AvgIpc) is 2.05. The number of hydrogen-bond donors (Lipinski definition) is 4. The standard InChI is InChI=1S/C4H10N4O3/c1-11-2(3(9)7-5)4(10)8-6/h2H,5-6H2,1H3,(H,7,9)(H,8,10). The van der Waals surface area contributed by atoms with Crippen LogP contribution in [0.4, 0.5) is 0 Å². The molecule has 7 heteroatoms. The summed E-state index contributed by atoms with van der Waals surface area (Å²) in [4.78, 5) is 21.3. The lowest BCUT2D eigenvalue weighted by Crippen LogP contribution is -2.50. The Morgan fingerprint density at radius 1 is 1.27 bits per heavy atom. The first-order valence-corrected chi connectivity index (χ1v) is 2.71. The summed E-state index contributed by atoms with van der Waals surface area (Å²) in [6.07, 6.45) is -1.30. The minimum Gasteiger partial charge on any atom is -0.362 e. The van der Waals surface area contributed by atoms with Gasteiger partial charge in [0.15, 0.2) is 0 Å². The first-order chi connectivity index (χ1) is 5.17. The van der Waals surface area contributed by atoms with E-state index in [1.807, 2.05) is 0 Å². The third kappa shape index (κ3) is 2.50. The summed E-state index contributed by atoms with van der Waals surface area (Å²) in [5, 5.41) is 0. The van der Waals surface area contributed by atoms with E-state index in [1.165, 1.54) is 7.11 Å². The smallest absolute Gasteiger partial charge is 0.272 e. The lowest BCUT2D eigenvalue weighted by molar-refractivity contribution is -0.143. The summed E-state index contributed by atoms with van der Waals surface area (Å²) in [5.41, 5.74) is 3.50. The van der Waals surface area contributed by atoms with E-state index in [4.69, 9.17) is 11.7 Å². The molecule has 0 saturated carbocycles. The van der Waals surface area contributed by atoms with Gasteiger partial charge in [0.25, 0.3) is 11.8 Å². The first-order valence-electron chi connectivity index (χ1n) is 2.71. The molecule has 0 aromatic carbocycles. The van der Waals surface area contributed by atoms with Gasteiger partial charge < -0.3 is 4.74 Å². The number of nitrogens with one attached hydrogen (secondary N) is 2. The highest BCUT2D eigenvalue weighted by molar-refractivity contribution is 6.02. The molecule has 0 spiro atoms. The number of carbonyl (C=O) groups is 2. The fourth-order valence-electron chi connectivity index (χ4n) is 0.485. The van der Waals surface area contributed by atoms with Crippen molar-refractivity contribution in [1.82, 2.24) is 10.9 Å². The summed E-state index contributed by atoms with van der Waals surface area (Å²) >= 11 is 0. The van der Waals surface area contributed by atoms with E-state index in [0.29, 0.717) is 0 Å². The van der Waals surface area contributed by atoms with Crippen molar-refractivity contribution in [3.8, 4) is 0 Å². The summed E-state index contributed by atoms with van der Waals surface area (Å²) in [5.74, 6) is 7.97. The molecule has 0 heterocycles. The number of amides is 2. The molecule has 0 atom stereocenters. The first kappa shape index (κ1) is 9.82. The van der Waals surface area contributed by atoms with Crippen LogP contribution < -0.4 is 22.5 Å². The van der Waals surface area contributed by atoms with Crippen molar-refractivity contribution >= 4 is 11.8 Å². The molecule has 0 radical (unpaired) electrons. The van der Waals surface area contributed by atoms with Crippen molar-refractivity contribution in [1.29, 1.82) is 0 Å². The van der Waals surface area contributed by atoms with Gasteiger partial charge in [-0.05, 0) is 0 Å². The Kier molecular flexibility index (Phi) is 4.11. The van der Waals surface area contributed by atoms with Crippen LogP contribution in [0.25, 0.3) is 0 Å². The summed E-state index contributed by atoms with van der Waals surface area (Å²) in [6.45, 7) is 0. The fourth-order valence-corrected chi connectivity index (χ4v) is 0.485. The van der Waals surface area contributed by atoms with Crippen LogP contribution in [0, 0.1) is 0 Å². The highest BCUT2D eigenvalue weighted by Crippen LogP contribution is 1.87. The van der Waals surface area contributed by atoms with Crippen molar-refractivity contribution in [3.63, 3.8) is 0 Å². The fraction of sp³-hybridized carbons (Fsp3) is 0.500. The molecule has 0 aromatic rings. The second kappa shape index (κ2) is 4.61. The second-order valence-electron chi connectivity index (χ2n) is 1.63. The molecule has 0 fully saturated rings. The Bertz CT molecular complexity index is 143. The van der Waals surface area contributed by atoms with Gasteiger partial charge in [-0.2, -0.15) is 0 Å². The lowest BCUT2D eigenvalue weighted by Gasteiger charge is -2.10. The van der Waals surface area contributed by atoms with E-state index in [9.17, 15) is 9.59 Å².